The third kappa shape index (κ3) is 4.34. The summed E-state index contributed by atoms with van der Waals surface area (Å²) in [4.78, 5) is 37.1. The molecular weight excluding hydrogens is 268 g/mol. The van der Waals surface area contributed by atoms with Crippen LogP contribution in [0.1, 0.15) is 49.1 Å². The highest BCUT2D eigenvalue weighted by molar-refractivity contribution is 5.93. The second-order valence-corrected chi connectivity index (χ2v) is 4.50. The first-order valence-corrected chi connectivity index (χ1v) is 5.99. The fourth-order valence-electron chi connectivity index (χ4n) is 1.38. The van der Waals surface area contributed by atoms with E-state index in [1.807, 2.05) is 13.8 Å². The van der Waals surface area contributed by atoms with Crippen molar-refractivity contribution in [2.24, 2.45) is 0 Å². The normalized spacial score (nSPS) is 12.2. The maximum absolute atomic E-state index is 11.8. The molecule has 0 aliphatic rings. The molecule has 0 aliphatic carbocycles. The van der Waals surface area contributed by atoms with Crippen LogP contribution in [0.15, 0.2) is 0 Å². The van der Waals surface area contributed by atoms with E-state index in [0.29, 0.717) is 5.82 Å². The molecule has 4 N–H and O–H groups in total. The molecule has 0 aromatic carbocycles. The Morgan fingerprint density at radius 2 is 1.95 bits per heavy atom. The van der Waals surface area contributed by atoms with Crippen LogP contribution in [0, 0.1) is 0 Å². The van der Waals surface area contributed by atoms with Crippen LogP contribution in [0.3, 0.4) is 0 Å². The maximum Gasteiger partial charge on any atom is 0.326 e. The number of carbonyl (C=O) groups excluding carboxylic acids is 1. The molecule has 0 saturated heterocycles. The smallest absolute Gasteiger partial charge is 0.326 e. The monoisotopic (exact) mass is 284 g/mol. The van der Waals surface area contributed by atoms with E-state index in [-0.39, 0.29) is 24.6 Å². The highest BCUT2D eigenvalue weighted by Crippen LogP contribution is 2.08. The summed E-state index contributed by atoms with van der Waals surface area (Å²) < 4.78 is 0. The molecule has 0 saturated carbocycles. The van der Waals surface area contributed by atoms with Crippen molar-refractivity contribution in [1.82, 2.24) is 20.5 Å². The van der Waals surface area contributed by atoms with E-state index in [1.54, 1.807) is 0 Å². The third-order valence-electron chi connectivity index (χ3n) is 2.50. The van der Waals surface area contributed by atoms with Gasteiger partial charge in [-0.05, 0) is 6.42 Å². The molecule has 1 aromatic heterocycles. The SMILES string of the molecule is CC(C)c1nc(C(=O)NC(CCC(=O)O)C(=O)O)n[nH]1. The van der Waals surface area contributed by atoms with Gasteiger partial charge in [-0.25, -0.2) is 9.78 Å². The summed E-state index contributed by atoms with van der Waals surface area (Å²) in [5.74, 6) is -2.81. The number of H-pyrrole nitrogens is 1. The van der Waals surface area contributed by atoms with Gasteiger partial charge in [-0.3, -0.25) is 14.7 Å². The number of aromatic nitrogens is 3. The van der Waals surface area contributed by atoms with Crippen LogP contribution in [-0.4, -0.2) is 49.3 Å². The fourth-order valence-corrected chi connectivity index (χ4v) is 1.38. The number of amides is 1. The van der Waals surface area contributed by atoms with Crippen molar-refractivity contribution in [3.05, 3.63) is 11.6 Å². The van der Waals surface area contributed by atoms with Crippen molar-refractivity contribution in [2.45, 2.75) is 38.6 Å². The summed E-state index contributed by atoms with van der Waals surface area (Å²) in [5.41, 5.74) is 0. The van der Waals surface area contributed by atoms with Gasteiger partial charge in [0.05, 0.1) is 0 Å². The predicted molar refractivity (Wildman–Crippen MR) is 66.2 cm³/mol. The lowest BCUT2D eigenvalue weighted by Crippen LogP contribution is -2.41. The number of aliphatic carboxylic acids is 2. The van der Waals surface area contributed by atoms with Gasteiger partial charge in [0.1, 0.15) is 11.9 Å². The minimum Gasteiger partial charge on any atom is -0.481 e. The molecule has 0 fully saturated rings. The molecule has 1 aromatic rings. The van der Waals surface area contributed by atoms with Gasteiger partial charge in [0.15, 0.2) is 0 Å². The van der Waals surface area contributed by atoms with Gasteiger partial charge in [-0.15, -0.1) is 5.10 Å². The number of carboxylic acids is 2. The number of nitrogens with zero attached hydrogens (tertiary/aromatic N) is 2. The van der Waals surface area contributed by atoms with Gasteiger partial charge in [0, 0.05) is 12.3 Å². The van der Waals surface area contributed by atoms with E-state index in [0.717, 1.165) is 0 Å². The Morgan fingerprint density at radius 3 is 2.40 bits per heavy atom. The van der Waals surface area contributed by atoms with Gasteiger partial charge in [0.2, 0.25) is 5.82 Å². The molecular formula is C11H16N4O5. The van der Waals surface area contributed by atoms with E-state index < -0.39 is 23.9 Å². The topological polar surface area (TPSA) is 145 Å². The largest absolute Gasteiger partial charge is 0.481 e. The zero-order valence-electron chi connectivity index (χ0n) is 11.1. The number of nitrogens with one attached hydrogen (secondary N) is 2. The highest BCUT2D eigenvalue weighted by atomic mass is 16.4. The van der Waals surface area contributed by atoms with Crippen molar-refractivity contribution in [3.8, 4) is 0 Å². The van der Waals surface area contributed by atoms with Crippen LogP contribution in [0.5, 0.6) is 0 Å². The molecule has 1 heterocycles. The molecule has 110 valence electrons. The quantitative estimate of drug-likeness (QED) is 0.550. The first kappa shape index (κ1) is 15.6. The summed E-state index contributed by atoms with van der Waals surface area (Å²) in [7, 11) is 0. The molecule has 0 aliphatic heterocycles. The standard InChI is InChI=1S/C11H16N4O5/c1-5(2)8-13-9(15-14-8)10(18)12-6(11(19)20)3-4-7(16)17/h5-6H,3-4H2,1-2H3,(H,12,18)(H,16,17)(H,19,20)(H,13,14,15). The number of carboxylic acid groups (broad SMARTS) is 2. The molecule has 9 nitrogen and oxygen atoms in total. The number of hydrogen-bond acceptors (Lipinski definition) is 5. The summed E-state index contributed by atoms with van der Waals surface area (Å²) in [6.45, 7) is 3.71. The van der Waals surface area contributed by atoms with E-state index >= 15 is 0 Å². The van der Waals surface area contributed by atoms with Crippen LogP contribution in [-0.2, 0) is 9.59 Å². The van der Waals surface area contributed by atoms with Crippen LogP contribution in [0.4, 0.5) is 0 Å². The number of rotatable bonds is 7. The summed E-state index contributed by atoms with van der Waals surface area (Å²) >= 11 is 0. The molecule has 0 spiro atoms. The first-order valence-electron chi connectivity index (χ1n) is 5.99. The van der Waals surface area contributed by atoms with Crippen molar-refractivity contribution in [1.29, 1.82) is 0 Å². The van der Waals surface area contributed by atoms with Gasteiger partial charge in [-0.1, -0.05) is 13.8 Å². The van der Waals surface area contributed by atoms with Gasteiger partial charge >= 0.3 is 11.9 Å². The number of hydrogen-bond donors (Lipinski definition) is 4. The predicted octanol–water partition coefficient (Wildman–Crippen LogP) is -0.0241. The minimum absolute atomic E-state index is 0.0475. The lowest BCUT2D eigenvalue weighted by atomic mass is 10.1. The van der Waals surface area contributed by atoms with E-state index in [9.17, 15) is 14.4 Å². The van der Waals surface area contributed by atoms with Gasteiger partial charge in [-0.2, -0.15) is 0 Å². The molecule has 20 heavy (non-hydrogen) atoms. The molecule has 9 heteroatoms. The number of aromatic amines is 1. The Hall–Kier alpha value is -2.45. The van der Waals surface area contributed by atoms with Crippen LogP contribution < -0.4 is 5.32 Å². The van der Waals surface area contributed by atoms with E-state index in [2.05, 4.69) is 20.5 Å². The van der Waals surface area contributed by atoms with Crippen LogP contribution >= 0.6 is 0 Å². The fraction of sp³-hybridized carbons (Fsp3) is 0.545. The second-order valence-electron chi connectivity index (χ2n) is 4.50. The number of carbonyl (C=O) groups is 3. The zero-order valence-corrected chi connectivity index (χ0v) is 11.1. The minimum atomic E-state index is -1.31. The van der Waals surface area contributed by atoms with Crippen molar-refractivity contribution >= 4 is 17.8 Å². The Kier molecular flexibility index (Phi) is 5.18. The summed E-state index contributed by atoms with van der Waals surface area (Å²) in [5, 5.41) is 25.9. The lowest BCUT2D eigenvalue weighted by molar-refractivity contribution is -0.140. The molecule has 0 radical (unpaired) electrons. The Labute approximate surface area is 114 Å². The average molecular weight is 284 g/mol. The molecule has 1 rings (SSSR count). The van der Waals surface area contributed by atoms with Crippen LogP contribution in [0.25, 0.3) is 0 Å². The summed E-state index contributed by atoms with van der Waals surface area (Å²) in [6, 6.07) is -1.29. The average Bonchev–Trinajstić information content (AvgIpc) is 2.83. The van der Waals surface area contributed by atoms with Gasteiger partial charge in [0.25, 0.3) is 5.91 Å². The Balaban J connectivity index is 2.69. The Morgan fingerprint density at radius 1 is 1.30 bits per heavy atom. The highest BCUT2D eigenvalue weighted by Gasteiger charge is 2.23. The Bertz CT molecular complexity index is 511. The van der Waals surface area contributed by atoms with Gasteiger partial charge < -0.3 is 15.5 Å². The van der Waals surface area contributed by atoms with Crippen molar-refractivity contribution in [2.75, 3.05) is 0 Å². The molecule has 0 bridgehead atoms. The summed E-state index contributed by atoms with van der Waals surface area (Å²) in [6.07, 6.45) is -0.569. The van der Waals surface area contributed by atoms with E-state index in [1.165, 1.54) is 0 Å². The van der Waals surface area contributed by atoms with Crippen LogP contribution in [0.2, 0.25) is 0 Å². The zero-order chi connectivity index (χ0) is 15.3. The molecule has 1 unspecified atom stereocenters. The van der Waals surface area contributed by atoms with Crippen molar-refractivity contribution < 1.29 is 24.6 Å². The molecule has 1 amide bonds. The third-order valence-corrected chi connectivity index (χ3v) is 2.50. The van der Waals surface area contributed by atoms with Crippen molar-refractivity contribution in [3.63, 3.8) is 0 Å². The second kappa shape index (κ2) is 6.64. The first-order chi connectivity index (χ1) is 9.31. The lowest BCUT2D eigenvalue weighted by Gasteiger charge is -2.11. The maximum atomic E-state index is 11.8. The van der Waals surface area contributed by atoms with E-state index in [4.69, 9.17) is 10.2 Å². The molecule has 1 atom stereocenters.